The normalized spacial score (nSPS) is 10.7. The molecule has 2 rings (SSSR count). The average Bonchev–Trinajstić information content (AvgIpc) is 2.41. The highest BCUT2D eigenvalue weighted by Crippen LogP contribution is 2.25. The number of para-hydroxylation sites is 1. The summed E-state index contributed by atoms with van der Waals surface area (Å²) in [6.45, 7) is 1.91. The zero-order valence-electron chi connectivity index (χ0n) is 10.9. The van der Waals surface area contributed by atoms with Gasteiger partial charge in [-0.15, -0.1) is 0 Å². The molecule has 0 aliphatic heterocycles. The summed E-state index contributed by atoms with van der Waals surface area (Å²) in [5.41, 5.74) is 2.68. The van der Waals surface area contributed by atoms with Gasteiger partial charge in [0.25, 0.3) is 0 Å². The van der Waals surface area contributed by atoms with Gasteiger partial charge in [0.1, 0.15) is 5.82 Å². The first-order valence-electron chi connectivity index (χ1n) is 6.09. The van der Waals surface area contributed by atoms with Crippen LogP contribution in [-0.2, 0) is 4.79 Å². The van der Waals surface area contributed by atoms with Gasteiger partial charge in [-0.1, -0.05) is 23.8 Å². The molecule has 0 fully saturated rings. The number of hydrogen-bond acceptors (Lipinski definition) is 2. The molecule has 0 atom stereocenters. The highest BCUT2D eigenvalue weighted by molar-refractivity contribution is 5.87. The van der Waals surface area contributed by atoms with Crippen molar-refractivity contribution in [3.8, 4) is 0 Å². The van der Waals surface area contributed by atoms with E-state index < -0.39 is 5.97 Å². The molecule has 4 heteroatoms. The Balaban J connectivity index is 2.36. The van der Waals surface area contributed by atoms with Crippen molar-refractivity contribution in [3.05, 3.63) is 65.5 Å². The largest absolute Gasteiger partial charge is 0.478 e. The lowest BCUT2D eigenvalue weighted by Gasteiger charge is -2.11. The molecule has 2 aromatic rings. The van der Waals surface area contributed by atoms with Crippen LogP contribution in [0.1, 0.15) is 11.1 Å². The monoisotopic (exact) mass is 271 g/mol. The number of carboxylic acid groups (broad SMARTS) is 1. The number of rotatable bonds is 4. The van der Waals surface area contributed by atoms with Gasteiger partial charge in [0.05, 0.1) is 5.69 Å². The maximum Gasteiger partial charge on any atom is 0.328 e. The van der Waals surface area contributed by atoms with Crippen LogP contribution in [0.4, 0.5) is 15.8 Å². The van der Waals surface area contributed by atoms with Crippen LogP contribution in [0.3, 0.4) is 0 Å². The molecule has 0 aliphatic carbocycles. The van der Waals surface area contributed by atoms with Crippen LogP contribution < -0.4 is 5.32 Å². The molecule has 20 heavy (non-hydrogen) atoms. The number of carbonyl (C=O) groups is 1. The predicted molar refractivity (Wildman–Crippen MR) is 77.5 cm³/mol. The van der Waals surface area contributed by atoms with E-state index in [1.807, 2.05) is 19.1 Å². The van der Waals surface area contributed by atoms with Gasteiger partial charge in [0.2, 0.25) is 0 Å². The lowest BCUT2D eigenvalue weighted by Crippen LogP contribution is -1.96. The van der Waals surface area contributed by atoms with E-state index in [1.165, 1.54) is 12.1 Å². The Morgan fingerprint density at radius 1 is 1.20 bits per heavy atom. The van der Waals surface area contributed by atoms with E-state index >= 15 is 0 Å². The lowest BCUT2D eigenvalue weighted by molar-refractivity contribution is -0.131. The van der Waals surface area contributed by atoms with Crippen LogP contribution in [0.2, 0.25) is 0 Å². The van der Waals surface area contributed by atoms with Crippen LogP contribution in [0, 0.1) is 12.7 Å². The van der Waals surface area contributed by atoms with Crippen LogP contribution in [-0.4, -0.2) is 11.1 Å². The average molecular weight is 271 g/mol. The summed E-state index contributed by atoms with van der Waals surface area (Å²) in [5, 5.41) is 11.7. The van der Waals surface area contributed by atoms with Gasteiger partial charge in [-0.3, -0.25) is 0 Å². The molecule has 0 aromatic heterocycles. The van der Waals surface area contributed by atoms with Gasteiger partial charge in [-0.05, 0) is 42.8 Å². The van der Waals surface area contributed by atoms with E-state index in [0.717, 1.165) is 11.6 Å². The third kappa shape index (κ3) is 3.45. The van der Waals surface area contributed by atoms with Crippen molar-refractivity contribution in [1.29, 1.82) is 0 Å². The van der Waals surface area contributed by atoms with Crippen molar-refractivity contribution >= 4 is 23.4 Å². The van der Waals surface area contributed by atoms with E-state index in [4.69, 9.17) is 5.11 Å². The Morgan fingerprint density at radius 2 is 1.95 bits per heavy atom. The zero-order chi connectivity index (χ0) is 14.5. The van der Waals surface area contributed by atoms with Crippen LogP contribution in [0.25, 0.3) is 6.08 Å². The Bertz CT molecular complexity index is 665. The molecular weight excluding hydrogens is 257 g/mol. The molecule has 3 nitrogen and oxygen atoms in total. The maximum atomic E-state index is 13.6. The van der Waals surface area contributed by atoms with Crippen molar-refractivity contribution in [1.82, 2.24) is 0 Å². The standard InChI is InChI=1S/C16H14FNO2/c1-11-6-8-14(12(10-11)7-9-16(19)20)18-15-5-3-2-4-13(15)17/h2-10,18H,1H3,(H,19,20)/b9-7+. The quantitative estimate of drug-likeness (QED) is 0.827. The minimum atomic E-state index is -1.02. The van der Waals surface area contributed by atoms with Gasteiger partial charge in [0.15, 0.2) is 0 Å². The molecule has 0 bridgehead atoms. The van der Waals surface area contributed by atoms with E-state index in [1.54, 1.807) is 24.3 Å². The van der Waals surface area contributed by atoms with Gasteiger partial charge in [-0.2, -0.15) is 0 Å². The number of aryl methyl sites for hydroxylation is 1. The molecule has 0 heterocycles. The SMILES string of the molecule is Cc1ccc(Nc2ccccc2F)c(/C=C/C(=O)O)c1. The second kappa shape index (κ2) is 6.02. The minimum absolute atomic E-state index is 0.348. The molecule has 0 unspecified atom stereocenters. The fourth-order valence-corrected chi connectivity index (χ4v) is 1.80. The van der Waals surface area contributed by atoms with Crippen molar-refractivity contribution in [2.24, 2.45) is 0 Å². The van der Waals surface area contributed by atoms with E-state index in [0.29, 0.717) is 16.9 Å². The molecule has 2 N–H and O–H groups in total. The number of benzene rings is 2. The molecule has 2 aromatic carbocycles. The summed E-state index contributed by atoms with van der Waals surface area (Å²) < 4.78 is 13.6. The van der Waals surface area contributed by atoms with Crippen LogP contribution in [0.5, 0.6) is 0 Å². The van der Waals surface area contributed by atoms with Crippen molar-refractivity contribution < 1.29 is 14.3 Å². The molecule has 0 saturated heterocycles. The zero-order valence-corrected chi connectivity index (χ0v) is 10.9. The first kappa shape index (κ1) is 13.8. The van der Waals surface area contributed by atoms with Crippen molar-refractivity contribution in [3.63, 3.8) is 0 Å². The number of nitrogens with one attached hydrogen (secondary N) is 1. The fourth-order valence-electron chi connectivity index (χ4n) is 1.80. The summed E-state index contributed by atoms with van der Waals surface area (Å²) in [6.07, 6.45) is 2.54. The highest BCUT2D eigenvalue weighted by atomic mass is 19.1. The number of anilines is 2. The Morgan fingerprint density at radius 3 is 2.65 bits per heavy atom. The fraction of sp³-hybridized carbons (Fsp3) is 0.0625. The molecule has 0 aliphatic rings. The second-order valence-corrected chi connectivity index (χ2v) is 4.37. The van der Waals surface area contributed by atoms with E-state index in [-0.39, 0.29) is 5.82 Å². The summed E-state index contributed by atoms with van der Waals surface area (Å²) >= 11 is 0. The minimum Gasteiger partial charge on any atom is -0.478 e. The van der Waals surface area contributed by atoms with Crippen LogP contribution >= 0.6 is 0 Å². The van der Waals surface area contributed by atoms with E-state index in [2.05, 4.69) is 5.32 Å². The number of halogens is 1. The molecule has 0 radical (unpaired) electrons. The van der Waals surface area contributed by atoms with E-state index in [9.17, 15) is 9.18 Å². The number of aliphatic carboxylic acids is 1. The Labute approximate surface area is 116 Å². The predicted octanol–water partition coefficient (Wildman–Crippen LogP) is 3.98. The number of hydrogen-bond donors (Lipinski definition) is 2. The molecule has 0 saturated carbocycles. The van der Waals surface area contributed by atoms with Gasteiger partial charge in [-0.25, -0.2) is 9.18 Å². The molecule has 102 valence electrons. The smallest absolute Gasteiger partial charge is 0.328 e. The van der Waals surface area contributed by atoms with Crippen molar-refractivity contribution in [2.45, 2.75) is 6.92 Å². The lowest BCUT2D eigenvalue weighted by atomic mass is 10.1. The van der Waals surface area contributed by atoms with Crippen LogP contribution in [0.15, 0.2) is 48.5 Å². The summed E-state index contributed by atoms with van der Waals surface area (Å²) in [4.78, 5) is 10.6. The summed E-state index contributed by atoms with van der Waals surface area (Å²) in [6, 6.07) is 11.8. The second-order valence-electron chi connectivity index (χ2n) is 4.37. The highest BCUT2D eigenvalue weighted by Gasteiger charge is 2.05. The third-order valence-corrected chi connectivity index (χ3v) is 2.76. The van der Waals surface area contributed by atoms with Gasteiger partial charge < -0.3 is 10.4 Å². The van der Waals surface area contributed by atoms with Gasteiger partial charge >= 0.3 is 5.97 Å². The van der Waals surface area contributed by atoms with Crippen molar-refractivity contribution in [2.75, 3.05) is 5.32 Å². The van der Waals surface area contributed by atoms with Gasteiger partial charge in [0, 0.05) is 11.8 Å². The Kier molecular flexibility index (Phi) is 4.15. The topological polar surface area (TPSA) is 49.3 Å². The molecule has 0 amide bonds. The first-order valence-corrected chi connectivity index (χ1v) is 6.09. The third-order valence-electron chi connectivity index (χ3n) is 2.76. The Hall–Kier alpha value is -2.62. The first-order chi connectivity index (χ1) is 9.56. The summed E-state index contributed by atoms with van der Waals surface area (Å²) in [5.74, 6) is -1.38. The molecular formula is C16H14FNO2. The number of carboxylic acids is 1. The maximum absolute atomic E-state index is 13.6. The summed E-state index contributed by atoms with van der Waals surface area (Å²) in [7, 11) is 0. The molecule has 0 spiro atoms.